The largest absolute Gasteiger partial charge is 0.0850 e. The Balaban J connectivity index is 1.97. The van der Waals surface area contributed by atoms with Gasteiger partial charge in [-0.15, -0.1) is 0 Å². The first-order chi connectivity index (χ1) is 4.97. The van der Waals surface area contributed by atoms with Gasteiger partial charge in [-0.1, -0.05) is 11.6 Å². The summed E-state index contributed by atoms with van der Waals surface area (Å²) in [5, 5.41) is 0. The van der Waals surface area contributed by atoms with E-state index >= 15 is 0 Å². The van der Waals surface area contributed by atoms with Crippen LogP contribution in [-0.2, 0) is 0 Å². The van der Waals surface area contributed by atoms with Crippen molar-refractivity contribution in [3.05, 3.63) is 11.6 Å². The summed E-state index contributed by atoms with van der Waals surface area (Å²) >= 11 is 0. The van der Waals surface area contributed by atoms with Gasteiger partial charge in [-0.2, -0.15) is 0 Å². The van der Waals surface area contributed by atoms with Gasteiger partial charge in [-0.3, -0.25) is 0 Å². The molecule has 0 N–H and O–H groups in total. The van der Waals surface area contributed by atoms with Gasteiger partial charge in [0, 0.05) is 0 Å². The molecule has 3 rings (SSSR count). The monoisotopic (exact) mass is 134 g/mol. The average Bonchev–Trinajstić information content (AvgIpc) is 2.68. The van der Waals surface area contributed by atoms with Gasteiger partial charge in [0.1, 0.15) is 0 Å². The molecule has 3 atom stereocenters. The molecule has 2 saturated carbocycles. The third-order valence-corrected chi connectivity index (χ3v) is 3.67. The van der Waals surface area contributed by atoms with Crippen LogP contribution in [0.2, 0.25) is 0 Å². The van der Waals surface area contributed by atoms with E-state index in [-0.39, 0.29) is 0 Å². The van der Waals surface area contributed by atoms with Crippen molar-refractivity contribution in [2.45, 2.75) is 32.1 Å². The van der Waals surface area contributed by atoms with E-state index in [1.807, 2.05) is 5.57 Å². The predicted molar refractivity (Wildman–Crippen MR) is 41.6 cm³/mol. The molecular weight excluding hydrogens is 120 g/mol. The molecule has 0 heterocycles. The van der Waals surface area contributed by atoms with Gasteiger partial charge in [-0.05, 0) is 49.9 Å². The summed E-state index contributed by atoms with van der Waals surface area (Å²) in [4.78, 5) is 0. The SMILES string of the molecule is C1=C2CCC[C@H]3[C@@H](CC1)[C@@H]23. The molecule has 10 heavy (non-hydrogen) atoms. The van der Waals surface area contributed by atoms with Crippen LogP contribution in [0.4, 0.5) is 0 Å². The maximum atomic E-state index is 2.53. The van der Waals surface area contributed by atoms with Crippen molar-refractivity contribution in [1.29, 1.82) is 0 Å². The van der Waals surface area contributed by atoms with E-state index in [1.54, 1.807) is 6.42 Å². The van der Waals surface area contributed by atoms with Gasteiger partial charge in [0.15, 0.2) is 0 Å². The summed E-state index contributed by atoms with van der Waals surface area (Å²) in [5.74, 6) is 3.41. The second kappa shape index (κ2) is 1.66. The second-order valence-electron chi connectivity index (χ2n) is 4.10. The lowest BCUT2D eigenvalue weighted by atomic mass is 9.92. The number of rotatable bonds is 0. The summed E-state index contributed by atoms with van der Waals surface area (Å²) in [5.41, 5.74) is 1.84. The minimum absolute atomic E-state index is 1.10. The Morgan fingerprint density at radius 1 is 1.20 bits per heavy atom. The molecule has 0 aromatic heterocycles. The first-order valence-corrected chi connectivity index (χ1v) is 4.66. The van der Waals surface area contributed by atoms with E-state index in [1.165, 1.54) is 25.7 Å². The fraction of sp³-hybridized carbons (Fsp3) is 0.800. The molecule has 0 aliphatic heterocycles. The Labute approximate surface area is 62.3 Å². The smallest absolute Gasteiger partial charge is 0.0141 e. The Kier molecular flexibility index (Phi) is 0.898. The summed E-state index contributed by atoms with van der Waals surface area (Å²) in [7, 11) is 0. The number of allylic oxidation sites excluding steroid dienone is 2. The maximum absolute atomic E-state index is 2.53. The zero-order chi connectivity index (χ0) is 6.55. The fourth-order valence-electron chi connectivity index (χ4n) is 3.19. The lowest BCUT2D eigenvalue weighted by Gasteiger charge is -2.13. The molecule has 0 nitrogen and oxygen atoms in total. The fourth-order valence-corrected chi connectivity index (χ4v) is 3.19. The maximum Gasteiger partial charge on any atom is -0.0141 e. The van der Waals surface area contributed by atoms with Gasteiger partial charge < -0.3 is 0 Å². The van der Waals surface area contributed by atoms with Gasteiger partial charge in [-0.25, -0.2) is 0 Å². The lowest BCUT2D eigenvalue weighted by Crippen LogP contribution is -1.99. The standard InChI is InChI=1S/C10H14/c1-3-7-4-2-6-9-8(5-1)10(7)9/h3,8-10H,1-2,4-6H2/t8-,9+,10-/m1/s1. The highest BCUT2D eigenvalue weighted by Crippen LogP contribution is 2.61. The topological polar surface area (TPSA) is 0 Å². The highest BCUT2D eigenvalue weighted by atomic mass is 14.6. The number of fused-ring (bicyclic) bond motifs is 1. The molecule has 0 aromatic carbocycles. The molecule has 0 saturated heterocycles. The lowest BCUT2D eigenvalue weighted by molar-refractivity contribution is 0.567. The van der Waals surface area contributed by atoms with Crippen molar-refractivity contribution < 1.29 is 0 Å². The summed E-state index contributed by atoms with van der Waals surface area (Å²) in [6.45, 7) is 0. The van der Waals surface area contributed by atoms with Crippen molar-refractivity contribution in [3.63, 3.8) is 0 Å². The molecule has 0 bridgehead atoms. The summed E-state index contributed by atoms with van der Waals surface area (Å²) in [6, 6.07) is 0. The van der Waals surface area contributed by atoms with E-state index < -0.39 is 0 Å². The van der Waals surface area contributed by atoms with E-state index in [4.69, 9.17) is 0 Å². The van der Waals surface area contributed by atoms with Crippen LogP contribution in [-0.4, -0.2) is 0 Å². The minimum atomic E-state index is 1.10. The summed E-state index contributed by atoms with van der Waals surface area (Å²) in [6.07, 6.45) is 9.92. The third-order valence-electron chi connectivity index (χ3n) is 3.67. The van der Waals surface area contributed by atoms with Crippen LogP contribution in [0.1, 0.15) is 32.1 Å². The van der Waals surface area contributed by atoms with Crippen LogP contribution in [0.15, 0.2) is 11.6 Å². The van der Waals surface area contributed by atoms with Crippen molar-refractivity contribution >= 4 is 0 Å². The minimum Gasteiger partial charge on any atom is -0.0850 e. The van der Waals surface area contributed by atoms with Crippen LogP contribution in [0.5, 0.6) is 0 Å². The van der Waals surface area contributed by atoms with Crippen molar-refractivity contribution in [2.75, 3.05) is 0 Å². The first kappa shape index (κ1) is 5.40. The zero-order valence-corrected chi connectivity index (χ0v) is 6.34. The Hall–Kier alpha value is -0.260. The van der Waals surface area contributed by atoms with E-state index in [0.717, 1.165) is 17.8 Å². The predicted octanol–water partition coefficient (Wildman–Crippen LogP) is 2.75. The number of hydrogen-bond acceptors (Lipinski definition) is 0. The van der Waals surface area contributed by atoms with Gasteiger partial charge in [0.25, 0.3) is 0 Å². The Bertz CT molecular complexity index is 186. The van der Waals surface area contributed by atoms with Crippen molar-refractivity contribution in [1.82, 2.24) is 0 Å². The molecule has 0 unspecified atom stereocenters. The van der Waals surface area contributed by atoms with Crippen LogP contribution in [0.25, 0.3) is 0 Å². The highest BCUT2D eigenvalue weighted by Gasteiger charge is 2.53. The van der Waals surface area contributed by atoms with E-state index in [2.05, 4.69) is 6.08 Å². The van der Waals surface area contributed by atoms with Crippen LogP contribution in [0.3, 0.4) is 0 Å². The van der Waals surface area contributed by atoms with Gasteiger partial charge in [0.05, 0.1) is 0 Å². The third kappa shape index (κ3) is 0.531. The summed E-state index contributed by atoms with van der Waals surface area (Å²) < 4.78 is 0. The molecule has 0 heteroatoms. The molecule has 0 aromatic rings. The van der Waals surface area contributed by atoms with E-state index in [0.29, 0.717) is 0 Å². The molecular formula is C10H14. The van der Waals surface area contributed by atoms with Crippen LogP contribution in [0, 0.1) is 17.8 Å². The van der Waals surface area contributed by atoms with Crippen molar-refractivity contribution in [3.8, 4) is 0 Å². The quantitative estimate of drug-likeness (QED) is 0.447. The molecule has 2 fully saturated rings. The molecule has 0 radical (unpaired) electrons. The van der Waals surface area contributed by atoms with Gasteiger partial charge >= 0.3 is 0 Å². The van der Waals surface area contributed by atoms with Crippen LogP contribution >= 0.6 is 0 Å². The van der Waals surface area contributed by atoms with Crippen molar-refractivity contribution in [2.24, 2.45) is 17.8 Å². The van der Waals surface area contributed by atoms with Crippen LogP contribution < -0.4 is 0 Å². The molecule has 0 spiro atoms. The molecule has 0 amide bonds. The zero-order valence-electron chi connectivity index (χ0n) is 6.34. The molecule has 54 valence electrons. The highest BCUT2D eigenvalue weighted by molar-refractivity contribution is 5.25. The molecule has 3 aliphatic rings. The number of hydrogen-bond donors (Lipinski definition) is 0. The first-order valence-electron chi connectivity index (χ1n) is 4.66. The second-order valence-corrected chi connectivity index (χ2v) is 4.10. The molecule has 3 aliphatic carbocycles. The Morgan fingerprint density at radius 2 is 2.10 bits per heavy atom. The normalized spacial score (nSPS) is 49.6. The average molecular weight is 134 g/mol. The van der Waals surface area contributed by atoms with E-state index in [9.17, 15) is 0 Å². The Morgan fingerprint density at radius 3 is 3.00 bits per heavy atom. The van der Waals surface area contributed by atoms with Gasteiger partial charge in [0.2, 0.25) is 0 Å².